The van der Waals surface area contributed by atoms with Crippen LogP contribution in [0.3, 0.4) is 0 Å². The lowest BCUT2D eigenvalue weighted by Crippen LogP contribution is -2.56. The molecule has 0 spiro atoms. The van der Waals surface area contributed by atoms with Crippen molar-refractivity contribution in [2.75, 3.05) is 19.6 Å². The summed E-state index contributed by atoms with van der Waals surface area (Å²) in [4.78, 5) is 15.5. The molecule has 1 aromatic carbocycles. The summed E-state index contributed by atoms with van der Waals surface area (Å²) < 4.78 is 2.97. The Morgan fingerprint density at radius 1 is 1.25 bits per heavy atom. The molecule has 24 heavy (non-hydrogen) atoms. The van der Waals surface area contributed by atoms with E-state index in [0.29, 0.717) is 6.54 Å². The quantitative estimate of drug-likeness (QED) is 0.858. The predicted molar refractivity (Wildman–Crippen MR) is 95.6 cm³/mol. The van der Waals surface area contributed by atoms with Crippen LogP contribution in [0.25, 0.3) is 0 Å². The van der Waals surface area contributed by atoms with E-state index in [2.05, 4.69) is 44.5 Å². The first-order valence-electron chi connectivity index (χ1n) is 8.47. The third-order valence-corrected chi connectivity index (χ3v) is 6.02. The number of piperidine rings is 1. The number of amides is 1. The highest BCUT2D eigenvalue weighted by molar-refractivity contribution is 9.10. The number of hydrogen-bond donors (Lipinski definition) is 1. The van der Waals surface area contributed by atoms with Gasteiger partial charge >= 0.3 is 0 Å². The van der Waals surface area contributed by atoms with Gasteiger partial charge in [0.05, 0.1) is 0 Å². The number of nitrogens with one attached hydrogen (secondary N) is 1. The van der Waals surface area contributed by atoms with Crippen LogP contribution in [0, 0.1) is 0 Å². The fraction of sp³-hybridized carbons (Fsp3) is 0.444. The van der Waals surface area contributed by atoms with Gasteiger partial charge in [0.25, 0.3) is 5.91 Å². The standard InChI is InChI=1S/C18H21BrN4O/c19-16-4-1-3-14-5-12-22(13-15(14)16)17(24)18(6-9-20-10-7-18)23-11-2-8-21-23/h1-4,8,11,20H,5-7,9-10,12-13H2. The third kappa shape index (κ3) is 2.58. The predicted octanol–water partition coefficient (Wildman–Crippen LogP) is 2.31. The number of nitrogens with zero attached hydrogens (tertiary/aromatic N) is 3. The van der Waals surface area contributed by atoms with E-state index in [0.717, 1.165) is 43.4 Å². The Morgan fingerprint density at radius 2 is 2.08 bits per heavy atom. The van der Waals surface area contributed by atoms with Gasteiger partial charge in [0.2, 0.25) is 0 Å². The second-order valence-electron chi connectivity index (χ2n) is 6.59. The molecular formula is C18H21BrN4O. The molecule has 0 unspecified atom stereocenters. The summed E-state index contributed by atoms with van der Waals surface area (Å²) in [6.07, 6.45) is 6.17. The lowest BCUT2D eigenvalue weighted by molar-refractivity contribution is -0.144. The molecule has 0 atom stereocenters. The highest BCUT2D eigenvalue weighted by atomic mass is 79.9. The molecule has 2 aromatic rings. The average molecular weight is 389 g/mol. The van der Waals surface area contributed by atoms with Gasteiger partial charge in [-0.15, -0.1) is 0 Å². The summed E-state index contributed by atoms with van der Waals surface area (Å²) in [5.74, 6) is 0.203. The first-order chi connectivity index (χ1) is 11.7. The summed E-state index contributed by atoms with van der Waals surface area (Å²) in [5, 5.41) is 7.79. The van der Waals surface area contributed by atoms with Crippen LogP contribution in [0.15, 0.2) is 41.1 Å². The van der Waals surface area contributed by atoms with Crippen molar-refractivity contribution >= 4 is 21.8 Å². The van der Waals surface area contributed by atoms with E-state index >= 15 is 0 Å². The molecule has 4 rings (SSSR count). The van der Waals surface area contributed by atoms with Crippen molar-refractivity contribution in [3.63, 3.8) is 0 Å². The third-order valence-electron chi connectivity index (χ3n) is 5.27. The molecule has 6 heteroatoms. The van der Waals surface area contributed by atoms with Gasteiger partial charge in [-0.2, -0.15) is 5.10 Å². The molecule has 1 N–H and O–H groups in total. The van der Waals surface area contributed by atoms with Gasteiger partial charge in [-0.25, -0.2) is 0 Å². The lowest BCUT2D eigenvalue weighted by atomic mass is 9.86. The van der Waals surface area contributed by atoms with Crippen molar-refractivity contribution in [2.24, 2.45) is 0 Å². The minimum absolute atomic E-state index is 0.203. The Kier molecular flexibility index (Phi) is 4.18. The van der Waals surface area contributed by atoms with E-state index in [-0.39, 0.29) is 5.91 Å². The maximum Gasteiger partial charge on any atom is 0.250 e. The zero-order valence-corrected chi connectivity index (χ0v) is 15.1. The van der Waals surface area contributed by atoms with E-state index in [1.165, 1.54) is 11.1 Å². The Bertz CT molecular complexity index is 737. The SMILES string of the molecule is O=C(N1CCc2cccc(Br)c2C1)C1(n2cccn2)CCNCC1. The van der Waals surface area contributed by atoms with Crippen LogP contribution in [-0.2, 0) is 23.3 Å². The second-order valence-corrected chi connectivity index (χ2v) is 7.44. The molecule has 2 aliphatic heterocycles. The number of benzene rings is 1. The normalized spacial score (nSPS) is 19.8. The minimum atomic E-state index is -0.548. The fourth-order valence-electron chi connectivity index (χ4n) is 3.91. The maximum absolute atomic E-state index is 13.5. The molecule has 2 aliphatic rings. The Balaban J connectivity index is 1.66. The highest BCUT2D eigenvalue weighted by Crippen LogP contribution is 2.33. The average Bonchev–Trinajstić information content (AvgIpc) is 3.17. The number of fused-ring (bicyclic) bond motifs is 1. The number of carbonyl (C=O) groups is 1. The zero-order valence-electron chi connectivity index (χ0n) is 13.5. The van der Waals surface area contributed by atoms with E-state index in [4.69, 9.17) is 0 Å². The largest absolute Gasteiger partial charge is 0.336 e. The molecule has 0 aliphatic carbocycles. The molecule has 1 fully saturated rings. The van der Waals surface area contributed by atoms with Crippen LogP contribution >= 0.6 is 15.9 Å². The summed E-state index contributed by atoms with van der Waals surface area (Å²) in [7, 11) is 0. The van der Waals surface area contributed by atoms with E-state index in [1.54, 1.807) is 6.20 Å². The molecule has 0 bridgehead atoms. The smallest absolute Gasteiger partial charge is 0.250 e. The summed E-state index contributed by atoms with van der Waals surface area (Å²) >= 11 is 3.64. The number of carbonyl (C=O) groups excluding carboxylic acids is 1. The van der Waals surface area contributed by atoms with Gasteiger partial charge in [-0.1, -0.05) is 28.1 Å². The van der Waals surface area contributed by atoms with E-state index < -0.39 is 5.54 Å². The van der Waals surface area contributed by atoms with Crippen LogP contribution < -0.4 is 5.32 Å². The number of aromatic nitrogens is 2. The van der Waals surface area contributed by atoms with Crippen molar-refractivity contribution in [1.82, 2.24) is 20.0 Å². The van der Waals surface area contributed by atoms with Gasteiger partial charge < -0.3 is 10.2 Å². The molecule has 126 valence electrons. The monoisotopic (exact) mass is 388 g/mol. The highest BCUT2D eigenvalue weighted by Gasteiger charge is 2.45. The van der Waals surface area contributed by atoms with Crippen molar-refractivity contribution in [1.29, 1.82) is 0 Å². The first-order valence-corrected chi connectivity index (χ1v) is 9.26. The lowest BCUT2D eigenvalue weighted by Gasteiger charge is -2.41. The molecule has 0 radical (unpaired) electrons. The van der Waals surface area contributed by atoms with Gasteiger partial charge in [0, 0.05) is 30.0 Å². The fourth-order valence-corrected chi connectivity index (χ4v) is 4.44. The van der Waals surface area contributed by atoms with Crippen LogP contribution in [-0.4, -0.2) is 40.2 Å². The van der Waals surface area contributed by atoms with Crippen molar-refractivity contribution in [3.05, 3.63) is 52.3 Å². The Hall–Kier alpha value is -1.66. The molecule has 0 saturated carbocycles. The van der Waals surface area contributed by atoms with Crippen LogP contribution in [0.1, 0.15) is 24.0 Å². The number of halogens is 1. The Morgan fingerprint density at radius 3 is 2.83 bits per heavy atom. The summed E-state index contributed by atoms with van der Waals surface area (Å²) in [6.45, 7) is 3.14. The minimum Gasteiger partial charge on any atom is -0.336 e. The van der Waals surface area contributed by atoms with Gasteiger partial charge in [-0.3, -0.25) is 9.48 Å². The topological polar surface area (TPSA) is 50.2 Å². The molecule has 3 heterocycles. The zero-order chi connectivity index (χ0) is 16.6. The van der Waals surface area contributed by atoms with Gasteiger partial charge in [0.15, 0.2) is 0 Å². The van der Waals surface area contributed by atoms with Crippen molar-refractivity contribution in [2.45, 2.75) is 31.3 Å². The number of rotatable bonds is 2. The van der Waals surface area contributed by atoms with Crippen molar-refractivity contribution < 1.29 is 4.79 Å². The van der Waals surface area contributed by atoms with E-state index in [1.807, 2.05) is 21.8 Å². The van der Waals surface area contributed by atoms with Crippen LogP contribution in [0.2, 0.25) is 0 Å². The molecule has 1 aromatic heterocycles. The summed E-state index contributed by atoms with van der Waals surface area (Å²) in [5.41, 5.74) is 2.03. The molecule has 1 saturated heterocycles. The Labute approximate surface area is 150 Å². The first kappa shape index (κ1) is 15.8. The maximum atomic E-state index is 13.5. The number of hydrogen-bond acceptors (Lipinski definition) is 3. The van der Waals surface area contributed by atoms with Gasteiger partial charge in [-0.05, 0) is 55.6 Å². The van der Waals surface area contributed by atoms with E-state index in [9.17, 15) is 4.79 Å². The molecular weight excluding hydrogens is 368 g/mol. The molecule has 5 nitrogen and oxygen atoms in total. The van der Waals surface area contributed by atoms with Crippen molar-refractivity contribution in [3.8, 4) is 0 Å². The molecule has 1 amide bonds. The second kappa shape index (κ2) is 6.33. The summed E-state index contributed by atoms with van der Waals surface area (Å²) in [6, 6.07) is 8.19. The van der Waals surface area contributed by atoms with Crippen LogP contribution in [0.4, 0.5) is 0 Å². The van der Waals surface area contributed by atoms with Crippen LogP contribution in [0.5, 0.6) is 0 Å². The van der Waals surface area contributed by atoms with Gasteiger partial charge in [0.1, 0.15) is 5.54 Å².